The number of carbonyl (C=O) groups is 2. The summed E-state index contributed by atoms with van der Waals surface area (Å²) in [5, 5.41) is 2.84. The van der Waals surface area contributed by atoms with Gasteiger partial charge in [-0.25, -0.2) is 0 Å². The predicted molar refractivity (Wildman–Crippen MR) is 104 cm³/mol. The van der Waals surface area contributed by atoms with Crippen LogP contribution in [0.1, 0.15) is 28.4 Å². The first-order valence-corrected chi connectivity index (χ1v) is 8.76. The summed E-state index contributed by atoms with van der Waals surface area (Å²) >= 11 is 0. The maximum atomic E-state index is 12.4. The number of nitrogens with one attached hydrogen (secondary N) is 1. The van der Waals surface area contributed by atoms with E-state index >= 15 is 0 Å². The smallest absolute Gasteiger partial charge is 0.251 e. The maximum absolute atomic E-state index is 12.4. The molecule has 2 aromatic rings. The molecule has 1 N–H and O–H groups in total. The second kappa shape index (κ2) is 9.62. The molecule has 0 radical (unpaired) electrons. The summed E-state index contributed by atoms with van der Waals surface area (Å²) in [6, 6.07) is 13.0. The number of rotatable bonds is 8. The molecule has 0 aromatic heterocycles. The number of amides is 2. The Morgan fingerprint density at radius 2 is 1.67 bits per heavy atom. The molecule has 0 heterocycles. The van der Waals surface area contributed by atoms with Crippen LogP contribution in [-0.4, -0.2) is 44.0 Å². The van der Waals surface area contributed by atoms with Crippen LogP contribution in [0.2, 0.25) is 0 Å². The van der Waals surface area contributed by atoms with Crippen molar-refractivity contribution in [3.05, 3.63) is 59.2 Å². The third-order valence-corrected chi connectivity index (χ3v) is 4.35. The molecule has 0 spiro atoms. The number of methoxy groups -OCH3 is 2. The standard InChI is InChI=1S/C21H26N2O4/c1-15-7-5-6-8-17(15)14-23(16(2)24)10-9-22-21(25)18-11-19(26-3)13-20(12-18)27-4/h5-8,11-13H,9-10,14H2,1-4H3,(H,22,25). The van der Waals surface area contributed by atoms with Crippen LogP contribution in [-0.2, 0) is 11.3 Å². The van der Waals surface area contributed by atoms with Gasteiger partial charge in [0, 0.05) is 38.2 Å². The van der Waals surface area contributed by atoms with E-state index in [4.69, 9.17) is 9.47 Å². The van der Waals surface area contributed by atoms with Crippen LogP contribution in [0.15, 0.2) is 42.5 Å². The van der Waals surface area contributed by atoms with E-state index in [1.54, 1.807) is 23.1 Å². The normalized spacial score (nSPS) is 10.2. The van der Waals surface area contributed by atoms with Gasteiger partial charge in [-0.3, -0.25) is 9.59 Å². The fourth-order valence-electron chi connectivity index (χ4n) is 2.69. The number of nitrogens with zero attached hydrogens (tertiary/aromatic N) is 1. The fourth-order valence-corrected chi connectivity index (χ4v) is 2.69. The minimum absolute atomic E-state index is 0.0319. The van der Waals surface area contributed by atoms with Crippen LogP contribution in [0.5, 0.6) is 11.5 Å². The van der Waals surface area contributed by atoms with Gasteiger partial charge in [-0.05, 0) is 30.2 Å². The average Bonchev–Trinajstić information content (AvgIpc) is 2.67. The van der Waals surface area contributed by atoms with Crippen molar-refractivity contribution in [3.63, 3.8) is 0 Å². The third-order valence-electron chi connectivity index (χ3n) is 4.35. The summed E-state index contributed by atoms with van der Waals surface area (Å²) in [5.41, 5.74) is 2.67. The molecule has 6 nitrogen and oxygen atoms in total. The van der Waals surface area contributed by atoms with Gasteiger partial charge in [0.05, 0.1) is 14.2 Å². The van der Waals surface area contributed by atoms with Crippen LogP contribution in [0.4, 0.5) is 0 Å². The lowest BCUT2D eigenvalue weighted by Crippen LogP contribution is -2.37. The fraction of sp³-hybridized carbons (Fsp3) is 0.333. The highest BCUT2D eigenvalue weighted by Gasteiger charge is 2.13. The molecule has 2 amide bonds. The van der Waals surface area contributed by atoms with Gasteiger partial charge in [-0.15, -0.1) is 0 Å². The number of hydrogen-bond acceptors (Lipinski definition) is 4. The molecule has 0 fully saturated rings. The predicted octanol–water partition coefficient (Wildman–Crippen LogP) is 2.79. The summed E-state index contributed by atoms with van der Waals surface area (Å²) in [5.74, 6) is 0.816. The Balaban J connectivity index is 1.97. The van der Waals surface area contributed by atoms with Crippen LogP contribution in [0.25, 0.3) is 0 Å². The van der Waals surface area contributed by atoms with Crippen molar-refractivity contribution in [1.82, 2.24) is 10.2 Å². The zero-order valence-electron chi connectivity index (χ0n) is 16.2. The number of hydrogen-bond donors (Lipinski definition) is 1. The molecular weight excluding hydrogens is 344 g/mol. The maximum Gasteiger partial charge on any atom is 0.251 e. The van der Waals surface area contributed by atoms with Gasteiger partial charge >= 0.3 is 0 Å². The van der Waals surface area contributed by atoms with Gasteiger partial charge < -0.3 is 19.7 Å². The Bertz CT molecular complexity index is 782. The van der Waals surface area contributed by atoms with Crippen molar-refractivity contribution in [2.45, 2.75) is 20.4 Å². The molecule has 0 aliphatic heterocycles. The second-order valence-corrected chi connectivity index (χ2v) is 6.22. The average molecular weight is 370 g/mol. The summed E-state index contributed by atoms with van der Waals surface area (Å²) in [6.07, 6.45) is 0. The van der Waals surface area contributed by atoms with Gasteiger partial charge in [0.2, 0.25) is 5.91 Å². The van der Waals surface area contributed by atoms with Gasteiger partial charge in [-0.1, -0.05) is 24.3 Å². The van der Waals surface area contributed by atoms with E-state index in [1.165, 1.54) is 21.1 Å². The first-order chi connectivity index (χ1) is 12.9. The zero-order valence-corrected chi connectivity index (χ0v) is 16.2. The van der Waals surface area contributed by atoms with Crippen molar-refractivity contribution in [3.8, 4) is 11.5 Å². The molecule has 27 heavy (non-hydrogen) atoms. The van der Waals surface area contributed by atoms with Crippen LogP contribution >= 0.6 is 0 Å². The minimum atomic E-state index is -0.244. The first-order valence-electron chi connectivity index (χ1n) is 8.76. The molecule has 0 unspecified atom stereocenters. The number of benzene rings is 2. The summed E-state index contributed by atoms with van der Waals surface area (Å²) in [6.45, 7) is 4.85. The second-order valence-electron chi connectivity index (χ2n) is 6.22. The van der Waals surface area contributed by atoms with Gasteiger partial charge in [0.25, 0.3) is 5.91 Å². The largest absolute Gasteiger partial charge is 0.497 e. The van der Waals surface area contributed by atoms with E-state index in [2.05, 4.69) is 5.32 Å². The lowest BCUT2D eigenvalue weighted by atomic mass is 10.1. The van der Waals surface area contributed by atoms with Gasteiger partial charge in [-0.2, -0.15) is 0 Å². The molecule has 0 aliphatic rings. The molecule has 2 aromatic carbocycles. The van der Waals surface area contributed by atoms with Crippen LogP contribution in [0, 0.1) is 6.92 Å². The molecule has 0 aliphatic carbocycles. The van der Waals surface area contributed by atoms with Crippen LogP contribution < -0.4 is 14.8 Å². The molecule has 144 valence electrons. The Morgan fingerprint density at radius 1 is 1.04 bits per heavy atom. The van der Waals surface area contributed by atoms with Crippen molar-refractivity contribution < 1.29 is 19.1 Å². The quantitative estimate of drug-likeness (QED) is 0.776. The molecule has 0 bridgehead atoms. The molecule has 0 saturated carbocycles. The van der Waals surface area contributed by atoms with Gasteiger partial charge in [0.15, 0.2) is 0 Å². The Hall–Kier alpha value is -3.02. The molecule has 2 rings (SSSR count). The van der Waals surface area contributed by atoms with Crippen molar-refractivity contribution in [2.24, 2.45) is 0 Å². The van der Waals surface area contributed by atoms with Crippen molar-refractivity contribution in [1.29, 1.82) is 0 Å². The SMILES string of the molecule is COc1cc(OC)cc(C(=O)NCCN(Cc2ccccc2C)C(C)=O)c1. The highest BCUT2D eigenvalue weighted by molar-refractivity contribution is 5.95. The lowest BCUT2D eigenvalue weighted by Gasteiger charge is -2.22. The highest BCUT2D eigenvalue weighted by Crippen LogP contribution is 2.22. The molecule has 6 heteroatoms. The number of carbonyl (C=O) groups excluding carboxylic acids is 2. The molecule has 0 saturated heterocycles. The van der Waals surface area contributed by atoms with E-state index in [0.717, 1.165) is 11.1 Å². The topological polar surface area (TPSA) is 67.9 Å². The van der Waals surface area contributed by atoms with E-state index in [1.807, 2.05) is 31.2 Å². The Kier molecular flexibility index (Phi) is 7.23. The molecular formula is C21H26N2O4. The van der Waals surface area contributed by atoms with E-state index in [-0.39, 0.29) is 11.8 Å². The summed E-state index contributed by atoms with van der Waals surface area (Å²) in [4.78, 5) is 26.1. The third kappa shape index (κ3) is 5.74. The number of ether oxygens (including phenoxy) is 2. The highest BCUT2D eigenvalue weighted by atomic mass is 16.5. The Labute approximate surface area is 160 Å². The minimum Gasteiger partial charge on any atom is -0.497 e. The van der Waals surface area contributed by atoms with Crippen LogP contribution in [0.3, 0.4) is 0 Å². The van der Waals surface area contributed by atoms with Crippen molar-refractivity contribution in [2.75, 3.05) is 27.3 Å². The molecule has 0 atom stereocenters. The lowest BCUT2D eigenvalue weighted by molar-refractivity contribution is -0.129. The van der Waals surface area contributed by atoms with E-state index < -0.39 is 0 Å². The summed E-state index contributed by atoms with van der Waals surface area (Å²) in [7, 11) is 3.07. The first kappa shape index (κ1) is 20.3. The van der Waals surface area contributed by atoms with Crippen molar-refractivity contribution >= 4 is 11.8 Å². The summed E-state index contributed by atoms with van der Waals surface area (Å²) < 4.78 is 10.4. The zero-order chi connectivity index (χ0) is 19.8. The van der Waals surface area contributed by atoms with E-state index in [0.29, 0.717) is 36.7 Å². The number of aryl methyl sites for hydroxylation is 1. The van der Waals surface area contributed by atoms with E-state index in [9.17, 15) is 9.59 Å². The monoisotopic (exact) mass is 370 g/mol. The van der Waals surface area contributed by atoms with Gasteiger partial charge in [0.1, 0.15) is 11.5 Å². The Morgan fingerprint density at radius 3 is 2.22 bits per heavy atom.